The van der Waals surface area contributed by atoms with Gasteiger partial charge in [0.05, 0.1) is 0 Å². The minimum absolute atomic E-state index is 0.0600. The number of nitrogens with one attached hydrogen (secondary N) is 1. The van der Waals surface area contributed by atoms with Gasteiger partial charge in [-0.05, 0) is 56.1 Å². The summed E-state index contributed by atoms with van der Waals surface area (Å²) in [4.78, 5) is 12.5. The van der Waals surface area contributed by atoms with E-state index in [-0.39, 0.29) is 11.9 Å². The smallest absolute Gasteiger partial charge is 0.287 e. The summed E-state index contributed by atoms with van der Waals surface area (Å²) < 4.78 is 5.67. The second kappa shape index (κ2) is 5.84. The van der Waals surface area contributed by atoms with Gasteiger partial charge < -0.3 is 15.5 Å². The molecule has 0 aromatic carbocycles. The van der Waals surface area contributed by atoms with Gasteiger partial charge >= 0.3 is 0 Å². The van der Waals surface area contributed by atoms with Crippen LogP contribution in [0, 0.1) is 18.8 Å². The molecule has 1 aromatic rings. The summed E-state index contributed by atoms with van der Waals surface area (Å²) in [6.07, 6.45) is 6.55. The number of carbonyl (C=O) groups is 1. The highest BCUT2D eigenvalue weighted by Crippen LogP contribution is 2.39. The van der Waals surface area contributed by atoms with Crippen molar-refractivity contribution < 1.29 is 9.21 Å². The van der Waals surface area contributed by atoms with Gasteiger partial charge in [-0.2, -0.15) is 0 Å². The summed E-state index contributed by atoms with van der Waals surface area (Å²) in [5.74, 6) is 2.38. The van der Waals surface area contributed by atoms with Crippen LogP contribution in [0.25, 0.3) is 0 Å². The molecule has 2 aliphatic rings. The Morgan fingerprint density at radius 1 is 1.38 bits per heavy atom. The van der Waals surface area contributed by atoms with E-state index in [9.17, 15) is 4.79 Å². The van der Waals surface area contributed by atoms with Gasteiger partial charge in [-0.15, -0.1) is 0 Å². The Morgan fingerprint density at radius 2 is 2.05 bits per heavy atom. The zero-order valence-corrected chi connectivity index (χ0v) is 13.0. The molecule has 21 heavy (non-hydrogen) atoms. The SMILES string of the molecule is CCc1oc(C(=O)NC2C3CCCC2CC(N)C3)cc1C. The molecule has 0 saturated heterocycles. The van der Waals surface area contributed by atoms with E-state index in [1.54, 1.807) is 0 Å². The van der Waals surface area contributed by atoms with Crippen LogP contribution in [0.1, 0.15) is 60.9 Å². The van der Waals surface area contributed by atoms with E-state index in [4.69, 9.17) is 10.2 Å². The Bertz CT molecular complexity index is 509. The first kappa shape index (κ1) is 14.6. The van der Waals surface area contributed by atoms with Crippen LogP contribution in [0.2, 0.25) is 0 Å². The second-order valence-electron chi connectivity index (χ2n) is 6.75. The first-order chi connectivity index (χ1) is 10.1. The average Bonchev–Trinajstić information content (AvgIpc) is 2.81. The molecule has 0 aliphatic heterocycles. The molecule has 0 spiro atoms. The maximum absolute atomic E-state index is 12.5. The lowest BCUT2D eigenvalue weighted by atomic mass is 9.67. The van der Waals surface area contributed by atoms with Crippen LogP contribution in [0.15, 0.2) is 10.5 Å². The lowest BCUT2D eigenvalue weighted by molar-refractivity contribution is 0.0731. The third-order valence-corrected chi connectivity index (χ3v) is 5.24. The van der Waals surface area contributed by atoms with Crippen LogP contribution in [-0.2, 0) is 6.42 Å². The molecule has 1 aromatic heterocycles. The van der Waals surface area contributed by atoms with Gasteiger partial charge in [0.2, 0.25) is 0 Å². The predicted molar refractivity (Wildman–Crippen MR) is 82.1 cm³/mol. The normalized spacial score (nSPS) is 32.0. The Morgan fingerprint density at radius 3 is 2.62 bits per heavy atom. The first-order valence-corrected chi connectivity index (χ1v) is 8.24. The summed E-state index contributed by atoms with van der Waals surface area (Å²) in [6, 6.07) is 2.45. The molecule has 1 amide bonds. The monoisotopic (exact) mass is 290 g/mol. The summed E-state index contributed by atoms with van der Waals surface area (Å²) in [5, 5.41) is 3.23. The third-order valence-electron chi connectivity index (χ3n) is 5.24. The Hall–Kier alpha value is -1.29. The molecule has 1 heterocycles. The lowest BCUT2D eigenvalue weighted by Gasteiger charge is -2.45. The van der Waals surface area contributed by atoms with Gasteiger partial charge in [-0.25, -0.2) is 0 Å². The van der Waals surface area contributed by atoms with E-state index in [0.29, 0.717) is 23.6 Å². The van der Waals surface area contributed by atoms with E-state index in [2.05, 4.69) is 5.32 Å². The van der Waals surface area contributed by atoms with Crippen molar-refractivity contribution in [3.05, 3.63) is 23.2 Å². The Kier molecular flexibility index (Phi) is 4.07. The van der Waals surface area contributed by atoms with E-state index < -0.39 is 0 Å². The average molecular weight is 290 g/mol. The van der Waals surface area contributed by atoms with Crippen molar-refractivity contribution in [2.24, 2.45) is 17.6 Å². The van der Waals surface area contributed by atoms with Crippen molar-refractivity contribution >= 4 is 5.91 Å². The minimum atomic E-state index is -0.0600. The lowest BCUT2D eigenvalue weighted by Crippen LogP contribution is -2.53. The Balaban J connectivity index is 1.71. The van der Waals surface area contributed by atoms with E-state index in [0.717, 1.165) is 30.6 Å². The molecular formula is C17H26N2O2. The van der Waals surface area contributed by atoms with Gasteiger partial charge in [-0.1, -0.05) is 13.3 Å². The first-order valence-electron chi connectivity index (χ1n) is 8.24. The molecule has 2 saturated carbocycles. The number of hydrogen-bond acceptors (Lipinski definition) is 3. The van der Waals surface area contributed by atoms with Crippen LogP contribution in [-0.4, -0.2) is 18.0 Å². The summed E-state index contributed by atoms with van der Waals surface area (Å²) in [5.41, 5.74) is 7.20. The van der Waals surface area contributed by atoms with Crippen LogP contribution >= 0.6 is 0 Å². The number of furan rings is 1. The number of rotatable bonds is 3. The maximum Gasteiger partial charge on any atom is 0.287 e. The van der Waals surface area contributed by atoms with Crippen molar-refractivity contribution in [1.29, 1.82) is 0 Å². The van der Waals surface area contributed by atoms with Crippen molar-refractivity contribution in [3.8, 4) is 0 Å². The third kappa shape index (κ3) is 2.86. The molecule has 2 unspecified atom stereocenters. The fourth-order valence-electron chi connectivity index (χ4n) is 4.23. The highest BCUT2D eigenvalue weighted by molar-refractivity contribution is 5.92. The molecule has 0 radical (unpaired) electrons. The molecule has 3 rings (SSSR count). The fourth-order valence-corrected chi connectivity index (χ4v) is 4.23. The summed E-state index contributed by atoms with van der Waals surface area (Å²) in [6.45, 7) is 4.04. The summed E-state index contributed by atoms with van der Waals surface area (Å²) in [7, 11) is 0. The number of carbonyl (C=O) groups excluding carboxylic acids is 1. The number of amides is 1. The summed E-state index contributed by atoms with van der Waals surface area (Å²) >= 11 is 0. The van der Waals surface area contributed by atoms with Crippen molar-refractivity contribution in [1.82, 2.24) is 5.32 Å². The molecule has 2 fully saturated rings. The van der Waals surface area contributed by atoms with Gasteiger partial charge in [0.25, 0.3) is 5.91 Å². The topological polar surface area (TPSA) is 68.3 Å². The van der Waals surface area contributed by atoms with Gasteiger partial charge in [0.1, 0.15) is 5.76 Å². The molecular weight excluding hydrogens is 264 g/mol. The molecule has 2 bridgehead atoms. The fraction of sp³-hybridized carbons (Fsp3) is 0.706. The van der Waals surface area contributed by atoms with Crippen molar-refractivity contribution in [2.75, 3.05) is 0 Å². The molecule has 116 valence electrons. The highest BCUT2D eigenvalue weighted by Gasteiger charge is 2.40. The highest BCUT2D eigenvalue weighted by atomic mass is 16.4. The second-order valence-corrected chi connectivity index (χ2v) is 6.75. The van der Waals surface area contributed by atoms with E-state index in [1.807, 2.05) is 19.9 Å². The zero-order chi connectivity index (χ0) is 15.0. The molecule has 2 aliphatic carbocycles. The van der Waals surface area contributed by atoms with Gasteiger partial charge in [0.15, 0.2) is 5.76 Å². The molecule has 4 heteroatoms. The van der Waals surface area contributed by atoms with E-state index in [1.165, 1.54) is 19.3 Å². The quantitative estimate of drug-likeness (QED) is 0.899. The number of aryl methyl sites for hydroxylation is 2. The van der Waals surface area contributed by atoms with Crippen LogP contribution < -0.4 is 11.1 Å². The zero-order valence-electron chi connectivity index (χ0n) is 13.0. The molecule has 4 nitrogen and oxygen atoms in total. The molecule has 3 N–H and O–H groups in total. The predicted octanol–water partition coefficient (Wildman–Crippen LogP) is 2.79. The van der Waals surface area contributed by atoms with Gasteiger partial charge in [-0.3, -0.25) is 4.79 Å². The van der Waals surface area contributed by atoms with E-state index >= 15 is 0 Å². The van der Waals surface area contributed by atoms with Crippen molar-refractivity contribution in [3.63, 3.8) is 0 Å². The van der Waals surface area contributed by atoms with Crippen molar-refractivity contribution in [2.45, 2.75) is 64.5 Å². The molecule has 2 atom stereocenters. The Labute approximate surface area is 126 Å². The standard InChI is InChI=1S/C17H26N2O2/c1-3-14-10(2)7-15(21-14)17(20)19-16-11-5-4-6-12(16)9-13(18)8-11/h7,11-13,16H,3-6,8-9,18H2,1-2H3,(H,19,20). The van der Waals surface area contributed by atoms with Crippen LogP contribution in [0.5, 0.6) is 0 Å². The number of hydrogen-bond donors (Lipinski definition) is 2. The maximum atomic E-state index is 12.5. The van der Waals surface area contributed by atoms with Crippen LogP contribution in [0.3, 0.4) is 0 Å². The van der Waals surface area contributed by atoms with Crippen LogP contribution in [0.4, 0.5) is 0 Å². The number of nitrogens with two attached hydrogens (primary N) is 1. The largest absolute Gasteiger partial charge is 0.456 e. The number of fused-ring (bicyclic) bond motifs is 2. The van der Waals surface area contributed by atoms with Gasteiger partial charge in [0, 0.05) is 18.5 Å². The minimum Gasteiger partial charge on any atom is -0.456 e.